The van der Waals surface area contributed by atoms with Gasteiger partial charge in [-0.25, -0.2) is 4.39 Å². The van der Waals surface area contributed by atoms with Crippen molar-refractivity contribution in [2.24, 2.45) is 0 Å². The second-order valence-corrected chi connectivity index (χ2v) is 8.65. The van der Waals surface area contributed by atoms with E-state index in [0.29, 0.717) is 16.6 Å². The number of carbonyl (C=O) groups excluding carboxylic acids is 1. The Balaban J connectivity index is 1.73. The summed E-state index contributed by atoms with van der Waals surface area (Å²) in [6.45, 7) is 0.555. The number of amides is 1. The maximum absolute atomic E-state index is 13.1. The molecular weight excluding hydrogens is 441 g/mol. The Bertz CT molecular complexity index is 633. The molecule has 0 fully saturated rings. The summed E-state index contributed by atoms with van der Waals surface area (Å²) in [7, 11) is 0. The van der Waals surface area contributed by atoms with Crippen molar-refractivity contribution in [1.29, 1.82) is 0 Å². The third-order valence-electron chi connectivity index (χ3n) is 2.58. The number of thioether (sulfide) groups is 1. The van der Waals surface area contributed by atoms with Crippen LogP contribution in [0.2, 0.25) is 0 Å². The van der Waals surface area contributed by atoms with Crippen LogP contribution < -0.4 is 5.32 Å². The third kappa shape index (κ3) is 5.39. The van der Waals surface area contributed by atoms with Gasteiger partial charge in [0.05, 0.1) is 9.35 Å². The lowest BCUT2D eigenvalue weighted by molar-refractivity contribution is 0.0955. The molecule has 21 heavy (non-hydrogen) atoms. The molecular formula is C14H12Br2FNOS2. The molecule has 7 heteroatoms. The summed E-state index contributed by atoms with van der Waals surface area (Å²) in [6, 6.07) is 8.20. The zero-order valence-electron chi connectivity index (χ0n) is 10.9. The first-order valence-corrected chi connectivity index (χ1v) is 9.67. The van der Waals surface area contributed by atoms with E-state index < -0.39 is 5.82 Å². The van der Waals surface area contributed by atoms with E-state index in [0.717, 1.165) is 15.3 Å². The van der Waals surface area contributed by atoms with E-state index in [4.69, 9.17) is 0 Å². The van der Waals surface area contributed by atoms with E-state index in [-0.39, 0.29) is 5.91 Å². The Morgan fingerprint density at radius 2 is 2.10 bits per heavy atom. The monoisotopic (exact) mass is 451 g/mol. The van der Waals surface area contributed by atoms with E-state index in [2.05, 4.69) is 43.2 Å². The average molecular weight is 453 g/mol. The summed E-state index contributed by atoms with van der Waals surface area (Å²) >= 11 is 10.1. The molecule has 0 radical (unpaired) electrons. The Hall–Kier alpha value is -0.370. The van der Waals surface area contributed by atoms with Crippen LogP contribution >= 0.6 is 55.0 Å². The van der Waals surface area contributed by atoms with Crippen LogP contribution in [0.4, 0.5) is 4.39 Å². The molecule has 0 unspecified atom stereocenters. The van der Waals surface area contributed by atoms with Gasteiger partial charge in [0.2, 0.25) is 0 Å². The van der Waals surface area contributed by atoms with Gasteiger partial charge < -0.3 is 5.32 Å². The smallest absolute Gasteiger partial charge is 0.252 e. The highest BCUT2D eigenvalue weighted by atomic mass is 79.9. The van der Waals surface area contributed by atoms with E-state index in [1.54, 1.807) is 23.1 Å². The standard InChI is InChI=1S/C14H12Br2FNOS2/c15-12-3-1-9(17)7-11(12)14(19)18-5-6-20-8-10-2-4-13(16)21-10/h1-4,7H,5-6,8H2,(H,18,19). The maximum Gasteiger partial charge on any atom is 0.252 e. The lowest BCUT2D eigenvalue weighted by Crippen LogP contribution is -2.26. The van der Waals surface area contributed by atoms with Crippen LogP contribution in [0.1, 0.15) is 15.2 Å². The van der Waals surface area contributed by atoms with Gasteiger partial charge in [-0.15, -0.1) is 11.3 Å². The topological polar surface area (TPSA) is 29.1 Å². The van der Waals surface area contributed by atoms with Crippen molar-refractivity contribution in [2.75, 3.05) is 12.3 Å². The molecule has 0 bridgehead atoms. The largest absolute Gasteiger partial charge is 0.351 e. The normalized spacial score (nSPS) is 10.6. The summed E-state index contributed by atoms with van der Waals surface area (Å²) < 4.78 is 14.9. The molecule has 0 aliphatic carbocycles. The molecule has 0 saturated heterocycles. The minimum Gasteiger partial charge on any atom is -0.351 e. The predicted molar refractivity (Wildman–Crippen MR) is 94.6 cm³/mol. The first kappa shape index (κ1) is 17.0. The van der Waals surface area contributed by atoms with Gasteiger partial charge in [-0.1, -0.05) is 0 Å². The fraction of sp³-hybridized carbons (Fsp3) is 0.214. The molecule has 1 N–H and O–H groups in total. The molecule has 0 aliphatic heterocycles. The Kier molecular flexibility index (Phi) is 6.73. The number of halogens is 3. The van der Waals surface area contributed by atoms with Crippen molar-refractivity contribution in [3.63, 3.8) is 0 Å². The lowest BCUT2D eigenvalue weighted by atomic mass is 10.2. The lowest BCUT2D eigenvalue weighted by Gasteiger charge is -2.06. The first-order chi connectivity index (χ1) is 10.1. The number of benzene rings is 1. The van der Waals surface area contributed by atoms with E-state index in [1.165, 1.54) is 23.1 Å². The van der Waals surface area contributed by atoms with Crippen molar-refractivity contribution in [3.05, 3.63) is 54.8 Å². The van der Waals surface area contributed by atoms with Crippen LogP contribution in [0.5, 0.6) is 0 Å². The molecule has 0 saturated carbocycles. The van der Waals surface area contributed by atoms with Gasteiger partial charge in [0.15, 0.2) is 0 Å². The Morgan fingerprint density at radius 3 is 2.81 bits per heavy atom. The van der Waals surface area contributed by atoms with Crippen LogP contribution in [-0.4, -0.2) is 18.2 Å². The van der Waals surface area contributed by atoms with Gasteiger partial charge in [-0.05, 0) is 62.2 Å². The molecule has 2 nitrogen and oxygen atoms in total. The van der Waals surface area contributed by atoms with Crippen molar-refractivity contribution >= 4 is 60.9 Å². The fourth-order valence-electron chi connectivity index (χ4n) is 1.61. The van der Waals surface area contributed by atoms with Crippen LogP contribution in [0.3, 0.4) is 0 Å². The van der Waals surface area contributed by atoms with Crippen molar-refractivity contribution in [1.82, 2.24) is 5.32 Å². The van der Waals surface area contributed by atoms with Crippen LogP contribution in [-0.2, 0) is 5.75 Å². The molecule has 0 spiro atoms. The number of carbonyl (C=O) groups is 1. The number of hydrogen-bond donors (Lipinski definition) is 1. The zero-order valence-corrected chi connectivity index (χ0v) is 15.7. The molecule has 2 rings (SSSR count). The first-order valence-electron chi connectivity index (χ1n) is 6.11. The van der Waals surface area contributed by atoms with E-state index in [1.807, 2.05) is 6.07 Å². The van der Waals surface area contributed by atoms with Gasteiger partial charge in [0.25, 0.3) is 5.91 Å². The quantitative estimate of drug-likeness (QED) is 0.619. The third-order valence-corrected chi connectivity index (χ3v) is 6.08. The molecule has 2 aromatic rings. The van der Waals surface area contributed by atoms with Crippen molar-refractivity contribution in [2.45, 2.75) is 5.75 Å². The predicted octanol–water partition coefficient (Wildman–Crippen LogP) is 5.08. The minimum atomic E-state index is -0.416. The van der Waals surface area contributed by atoms with Crippen molar-refractivity contribution < 1.29 is 9.18 Å². The molecule has 1 heterocycles. The zero-order chi connectivity index (χ0) is 15.2. The number of thiophene rings is 1. The number of rotatable bonds is 6. The van der Waals surface area contributed by atoms with Gasteiger partial charge in [-0.3, -0.25) is 4.79 Å². The molecule has 0 atom stereocenters. The highest BCUT2D eigenvalue weighted by Gasteiger charge is 2.10. The van der Waals surface area contributed by atoms with Crippen LogP contribution in [0, 0.1) is 5.82 Å². The second-order valence-electron chi connectivity index (χ2n) is 4.14. The SMILES string of the molecule is O=C(NCCSCc1ccc(Br)s1)c1cc(F)ccc1Br. The van der Waals surface area contributed by atoms with Gasteiger partial charge >= 0.3 is 0 Å². The summed E-state index contributed by atoms with van der Waals surface area (Å²) in [5.74, 6) is 1.06. The molecule has 112 valence electrons. The highest BCUT2D eigenvalue weighted by Crippen LogP contribution is 2.25. The van der Waals surface area contributed by atoms with Gasteiger partial charge in [0, 0.05) is 27.4 Å². The summed E-state index contributed by atoms with van der Waals surface area (Å²) in [4.78, 5) is 13.2. The number of nitrogens with one attached hydrogen (secondary N) is 1. The Morgan fingerprint density at radius 1 is 1.29 bits per heavy atom. The Labute approximate surface area is 147 Å². The van der Waals surface area contributed by atoms with Crippen molar-refractivity contribution in [3.8, 4) is 0 Å². The fourth-order valence-corrected chi connectivity index (χ4v) is 4.48. The molecule has 1 amide bonds. The summed E-state index contributed by atoms with van der Waals surface area (Å²) in [6.07, 6.45) is 0. The minimum absolute atomic E-state index is 0.263. The highest BCUT2D eigenvalue weighted by molar-refractivity contribution is 9.11. The summed E-state index contributed by atoms with van der Waals surface area (Å²) in [5, 5.41) is 2.80. The van der Waals surface area contributed by atoms with Crippen LogP contribution in [0.25, 0.3) is 0 Å². The number of hydrogen-bond acceptors (Lipinski definition) is 3. The van der Waals surface area contributed by atoms with Crippen LogP contribution in [0.15, 0.2) is 38.6 Å². The van der Waals surface area contributed by atoms with E-state index >= 15 is 0 Å². The molecule has 1 aromatic carbocycles. The van der Waals surface area contributed by atoms with Gasteiger partial charge in [0.1, 0.15) is 5.82 Å². The second kappa shape index (κ2) is 8.31. The molecule has 1 aromatic heterocycles. The van der Waals surface area contributed by atoms with E-state index in [9.17, 15) is 9.18 Å². The maximum atomic E-state index is 13.1. The summed E-state index contributed by atoms with van der Waals surface area (Å²) in [5.41, 5.74) is 0.321. The van der Waals surface area contributed by atoms with Gasteiger partial charge in [-0.2, -0.15) is 11.8 Å². The average Bonchev–Trinajstić information content (AvgIpc) is 2.86. The molecule has 0 aliphatic rings.